The highest BCUT2D eigenvalue weighted by molar-refractivity contribution is 5.82. The molecule has 1 rings (SSSR count). The highest BCUT2D eigenvalue weighted by atomic mass is 16.5. The zero-order chi connectivity index (χ0) is 14.3. The van der Waals surface area contributed by atoms with Gasteiger partial charge in [0.15, 0.2) is 0 Å². The van der Waals surface area contributed by atoms with Crippen LogP contribution < -0.4 is 5.32 Å². The zero-order valence-corrected chi connectivity index (χ0v) is 11.5. The first-order valence-electron chi connectivity index (χ1n) is 6.63. The van der Waals surface area contributed by atoms with Gasteiger partial charge in [0.05, 0.1) is 25.2 Å². The predicted octanol–water partition coefficient (Wildman–Crippen LogP) is 0.932. The number of carbonyl (C=O) groups excluding carboxylic acids is 3. The van der Waals surface area contributed by atoms with Gasteiger partial charge in [-0.2, -0.15) is 0 Å². The van der Waals surface area contributed by atoms with Crippen molar-refractivity contribution in [2.24, 2.45) is 0 Å². The molecule has 1 N–H and O–H groups in total. The van der Waals surface area contributed by atoms with E-state index in [0.29, 0.717) is 32.5 Å². The summed E-state index contributed by atoms with van der Waals surface area (Å²) in [6.07, 6.45) is 1.61. The molecular formula is C13H21NO5. The van der Waals surface area contributed by atoms with Crippen molar-refractivity contribution in [2.45, 2.75) is 51.5 Å². The third kappa shape index (κ3) is 4.89. The number of esters is 2. The molecule has 1 aliphatic rings. The topological polar surface area (TPSA) is 81.7 Å². The van der Waals surface area contributed by atoms with E-state index in [1.807, 2.05) is 0 Å². The first-order chi connectivity index (χ1) is 9.01. The van der Waals surface area contributed by atoms with E-state index in [2.05, 4.69) is 5.32 Å². The summed E-state index contributed by atoms with van der Waals surface area (Å²) in [5, 5.41) is 2.81. The van der Waals surface area contributed by atoms with Gasteiger partial charge in [-0.3, -0.25) is 14.4 Å². The van der Waals surface area contributed by atoms with E-state index >= 15 is 0 Å². The van der Waals surface area contributed by atoms with Crippen molar-refractivity contribution in [1.29, 1.82) is 0 Å². The predicted molar refractivity (Wildman–Crippen MR) is 67.2 cm³/mol. The van der Waals surface area contributed by atoms with Gasteiger partial charge in [0, 0.05) is 12.8 Å². The Morgan fingerprint density at radius 2 is 1.84 bits per heavy atom. The van der Waals surface area contributed by atoms with Crippen LogP contribution in [-0.4, -0.2) is 36.6 Å². The second kappa shape index (κ2) is 7.11. The maximum atomic E-state index is 11.6. The molecule has 1 amide bonds. The second-order valence-electron chi connectivity index (χ2n) is 4.62. The van der Waals surface area contributed by atoms with Crippen molar-refractivity contribution in [3.05, 3.63) is 0 Å². The average Bonchev–Trinajstić information content (AvgIpc) is 2.69. The lowest BCUT2D eigenvalue weighted by molar-refractivity contribution is -0.147. The quantitative estimate of drug-likeness (QED) is 0.697. The summed E-state index contributed by atoms with van der Waals surface area (Å²) < 4.78 is 9.77. The zero-order valence-electron chi connectivity index (χ0n) is 11.5. The van der Waals surface area contributed by atoms with E-state index in [0.717, 1.165) is 0 Å². The SMILES string of the molecule is CCOC(=O)CCC1(CC(=O)OCC)CCC(=O)N1. The summed E-state index contributed by atoms with van der Waals surface area (Å²) in [5.74, 6) is -0.756. The minimum atomic E-state index is -0.657. The molecule has 0 radical (unpaired) electrons. The highest BCUT2D eigenvalue weighted by Crippen LogP contribution is 2.29. The normalized spacial score (nSPS) is 21.9. The molecule has 0 bridgehead atoms. The molecule has 0 aromatic heterocycles. The molecule has 0 aromatic carbocycles. The molecular weight excluding hydrogens is 250 g/mol. The largest absolute Gasteiger partial charge is 0.466 e. The number of hydrogen-bond donors (Lipinski definition) is 1. The van der Waals surface area contributed by atoms with Crippen LogP contribution in [0.25, 0.3) is 0 Å². The van der Waals surface area contributed by atoms with E-state index < -0.39 is 5.54 Å². The summed E-state index contributed by atoms with van der Waals surface area (Å²) in [4.78, 5) is 34.4. The second-order valence-corrected chi connectivity index (χ2v) is 4.62. The molecule has 6 heteroatoms. The van der Waals surface area contributed by atoms with Crippen LogP contribution in [0.5, 0.6) is 0 Å². The van der Waals surface area contributed by atoms with Gasteiger partial charge in [-0.15, -0.1) is 0 Å². The van der Waals surface area contributed by atoms with Gasteiger partial charge in [0.2, 0.25) is 5.91 Å². The maximum absolute atomic E-state index is 11.6. The smallest absolute Gasteiger partial charge is 0.308 e. The summed E-state index contributed by atoms with van der Waals surface area (Å²) >= 11 is 0. The third-order valence-corrected chi connectivity index (χ3v) is 3.14. The van der Waals surface area contributed by atoms with Crippen LogP contribution in [0.2, 0.25) is 0 Å². The Hall–Kier alpha value is -1.59. The average molecular weight is 271 g/mol. The number of ether oxygens (including phenoxy) is 2. The molecule has 19 heavy (non-hydrogen) atoms. The molecule has 6 nitrogen and oxygen atoms in total. The molecule has 0 spiro atoms. The molecule has 1 unspecified atom stereocenters. The number of rotatable bonds is 7. The van der Waals surface area contributed by atoms with E-state index in [1.54, 1.807) is 13.8 Å². The standard InChI is InChI=1S/C13H21NO5/c1-3-18-11(16)6-8-13(7-5-10(15)14-13)9-12(17)19-4-2/h3-9H2,1-2H3,(H,14,15). The molecule has 1 heterocycles. The van der Waals surface area contributed by atoms with Crippen LogP contribution in [0.4, 0.5) is 0 Å². The minimum absolute atomic E-state index is 0.0897. The van der Waals surface area contributed by atoms with Crippen molar-refractivity contribution in [1.82, 2.24) is 5.32 Å². The van der Waals surface area contributed by atoms with Gasteiger partial charge in [0.1, 0.15) is 0 Å². The van der Waals surface area contributed by atoms with Crippen molar-refractivity contribution in [2.75, 3.05) is 13.2 Å². The van der Waals surface area contributed by atoms with Crippen molar-refractivity contribution >= 4 is 17.8 Å². The number of nitrogens with one attached hydrogen (secondary N) is 1. The van der Waals surface area contributed by atoms with Crippen LogP contribution in [-0.2, 0) is 23.9 Å². The molecule has 0 saturated carbocycles. The molecule has 1 fully saturated rings. The fourth-order valence-electron chi connectivity index (χ4n) is 2.24. The first-order valence-corrected chi connectivity index (χ1v) is 6.63. The van der Waals surface area contributed by atoms with Gasteiger partial charge >= 0.3 is 11.9 Å². The van der Waals surface area contributed by atoms with Crippen LogP contribution >= 0.6 is 0 Å². The Labute approximate surface area is 112 Å². The molecule has 0 aliphatic carbocycles. The van der Waals surface area contributed by atoms with Crippen LogP contribution in [0, 0.1) is 0 Å². The first kappa shape index (κ1) is 15.5. The Balaban J connectivity index is 2.58. The Morgan fingerprint density at radius 1 is 1.21 bits per heavy atom. The fraction of sp³-hybridized carbons (Fsp3) is 0.769. The Kier molecular flexibility index (Phi) is 5.79. The summed E-state index contributed by atoms with van der Waals surface area (Å²) in [7, 11) is 0. The van der Waals surface area contributed by atoms with Gasteiger partial charge in [-0.25, -0.2) is 0 Å². The van der Waals surface area contributed by atoms with Crippen LogP contribution in [0.1, 0.15) is 46.0 Å². The lowest BCUT2D eigenvalue weighted by atomic mass is 9.88. The molecule has 108 valence electrons. The van der Waals surface area contributed by atoms with E-state index in [1.165, 1.54) is 0 Å². The highest BCUT2D eigenvalue weighted by Gasteiger charge is 2.40. The monoisotopic (exact) mass is 271 g/mol. The third-order valence-electron chi connectivity index (χ3n) is 3.14. The van der Waals surface area contributed by atoms with Crippen LogP contribution in [0.15, 0.2) is 0 Å². The summed E-state index contributed by atoms with van der Waals surface area (Å²) in [6.45, 7) is 4.11. The number of carbonyl (C=O) groups is 3. The van der Waals surface area contributed by atoms with E-state index in [4.69, 9.17) is 9.47 Å². The molecule has 1 aliphatic heterocycles. The number of hydrogen-bond acceptors (Lipinski definition) is 5. The van der Waals surface area contributed by atoms with Gasteiger partial charge in [-0.05, 0) is 26.7 Å². The maximum Gasteiger partial charge on any atom is 0.308 e. The fourth-order valence-corrected chi connectivity index (χ4v) is 2.24. The Morgan fingerprint density at radius 3 is 2.37 bits per heavy atom. The number of amides is 1. The van der Waals surface area contributed by atoms with Gasteiger partial charge in [0.25, 0.3) is 0 Å². The van der Waals surface area contributed by atoms with Crippen LogP contribution in [0.3, 0.4) is 0 Å². The molecule has 1 saturated heterocycles. The lowest BCUT2D eigenvalue weighted by Gasteiger charge is -2.27. The molecule has 0 aromatic rings. The van der Waals surface area contributed by atoms with Gasteiger partial charge < -0.3 is 14.8 Å². The molecule has 1 atom stereocenters. The van der Waals surface area contributed by atoms with E-state index in [9.17, 15) is 14.4 Å². The minimum Gasteiger partial charge on any atom is -0.466 e. The summed E-state index contributed by atoms with van der Waals surface area (Å²) in [5.41, 5.74) is -0.657. The van der Waals surface area contributed by atoms with E-state index in [-0.39, 0.29) is 30.7 Å². The Bertz CT molecular complexity index is 355. The van der Waals surface area contributed by atoms with Crippen molar-refractivity contribution in [3.8, 4) is 0 Å². The summed E-state index contributed by atoms with van der Waals surface area (Å²) in [6, 6.07) is 0. The lowest BCUT2D eigenvalue weighted by Crippen LogP contribution is -2.44. The van der Waals surface area contributed by atoms with Gasteiger partial charge in [-0.1, -0.05) is 0 Å². The van der Waals surface area contributed by atoms with Crippen molar-refractivity contribution < 1.29 is 23.9 Å². The van der Waals surface area contributed by atoms with Crippen molar-refractivity contribution in [3.63, 3.8) is 0 Å².